The molecule has 1 atom stereocenters. The Morgan fingerprint density at radius 3 is 3.00 bits per heavy atom. The molecule has 0 aliphatic heterocycles. The summed E-state index contributed by atoms with van der Waals surface area (Å²) in [4.78, 5) is 3.58. The minimum Gasteiger partial charge on any atom is -0.308 e. The van der Waals surface area contributed by atoms with Crippen LogP contribution in [-0.4, -0.2) is 0 Å². The van der Waals surface area contributed by atoms with Crippen molar-refractivity contribution >= 4 is 0 Å². The van der Waals surface area contributed by atoms with E-state index in [2.05, 4.69) is 17.0 Å². The van der Waals surface area contributed by atoms with Gasteiger partial charge in [0.15, 0.2) is 0 Å². The molecular formula is C10H9N. The molecule has 0 unspecified atom stereocenters. The van der Waals surface area contributed by atoms with Gasteiger partial charge in [-0.2, -0.15) is 0 Å². The Bertz CT molecular complexity index is 309. The molecule has 1 heteroatoms. The molecule has 0 amide bonds. The van der Waals surface area contributed by atoms with Gasteiger partial charge in [-0.05, 0) is 12.0 Å². The first-order valence-electron chi connectivity index (χ1n) is 3.86. The van der Waals surface area contributed by atoms with Crippen LogP contribution in [0.3, 0.4) is 0 Å². The minimum atomic E-state index is 0.145. The highest BCUT2D eigenvalue weighted by atomic mass is 14.7. The lowest BCUT2D eigenvalue weighted by Crippen LogP contribution is -1.83. The van der Waals surface area contributed by atoms with Crippen molar-refractivity contribution in [2.24, 2.45) is 0 Å². The summed E-state index contributed by atoms with van der Waals surface area (Å²) in [5.41, 5.74) is 2.62. The van der Waals surface area contributed by atoms with Crippen LogP contribution < -0.4 is 0 Å². The van der Waals surface area contributed by atoms with Gasteiger partial charge in [0.05, 0.1) is 0 Å². The molecule has 0 saturated carbocycles. The standard InChI is InChI=1S/C10H9N/c1-11-10-7-6-8-4-2-3-5-9(8)10/h2-5,10H,6-7H2/t10-/m0/s1. The van der Waals surface area contributed by atoms with E-state index in [1.807, 2.05) is 12.1 Å². The summed E-state index contributed by atoms with van der Waals surface area (Å²) in [6.07, 6.45) is 2.10. The van der Waals surface area contributed by atoms with E-state index >= 15 is 0 Å². The molecule has 0 N–H and O–H groups in total. The third-order valence-electron chi connectivity index (χ3n) is 2.26. The normalized spacial score (nSPS) is 20.8. The molecule has 0 saturated heterocycles. The molecule has 1 aliphatic rings. The van der Waals surface area contributed by atoms with Gasteiger partial charge in [-0.1, -0.05) is 24.3 Å². The lowest BCUT2D eigenvalue weighted by atomic mass is 10.1. The van der Waals surface area contributed by atoms with Gasteiger partial charge >= 0.3 is 0 Å². The fraction of sp³-hybridized carbons (Fsp3) is 0.300. The van der Waals surface area contributed by atoms with E-state index in [0.717, 1.165) is 12.8 Å². The van der Waals surface area contributed by atoms with Crippen molar-refractivity contribution in [3.8, 4) is 0 Å². The lowest BCUT2D eigenvalue weighted by Gasteiger charge is -1.96. The van der Waals surface area contributed by atoms with Gasteiger partial charge in [0, 0.05) is 12.0 Å². The summed E-state index contributed by atoms with van der Waals surface area (Å²) in [6, 6.07) is 8.41. The highest BCUT2D eigenvalue weighted by molar-refractivity contribution is 5.35. The maximum Gasteiger partial charge on any atom is 0.249 e. The second kappa shape index (κ2) is 2.39. The van der Waals surface area contributed by atoms with Crippen LogP contribution in [0.4, 0.5) is 0 Å². The zero-order valence-electron chi connectivity index (χ0n) is 6.25. The maximum absolute atomic E-state index is 6.96. The van der Waals surface area contributed by atoms with Crippen LogP contribution in [0, 0.1) is 6.57 Å². The average molecular weight is 143 g/mol. The third kappa shape index (κ3) is 0.914. The Hall–Kier alpha value is -1.29. The topological polar surface area (TPSA) is 4.36 Å². The first-order chi connectivity index (χ1) is 5.42. The molecule has 1 aromatic carbocycles. The van der Waals surface area contributed by atoms with E-state index in [0.29, 0.717) is 0 Å². The lowest BCUT2D eigenvalue weighted by molar-refractivity contribution is 0.810. The summed E-state index contributed by atoms with van der Waals surface area (Å²) < 4.78 is 0. The van der Waals surface area contributed by atoms with Crippen LogP contribution in [0.1, 0.15) is 23.6 Å². The van der Waals surface area contributed by atoms with Crippen LogP contribution in [0.25, 0.3) is 4.85 Å². The summed E-state index contributed by atoms with van der Waals surface area (Å²) in [5.74, 6) is 0. The monoisotopic (exact) mass is 143 g/mol. The van der Waals surface area contributed by atoms with Crippen molar-refractivity contribution in [2.75, 3.05) is 0 Å². The van der Waals surface area contributed by atoms with Crippen LogP contribution in [0.5, 0.6) is 0 Å². The number of hydrogen-bond donors (Lipinski definition) is 0. The maximum atomic E-state index is 6.96. The predicted octanol–water partition coefficient (Wildman–Crippen LogP) is 2.59. The number of benzene rings is 1. The molecule has 1 nitrogen and oxygen atoms in total. The Morgan fingerprint density at radius 2 is 2.18 bits per heavy atom. The van der Waals surface area contributed by atoms with E-state index in [9.17, 15) is 0 Å². The molecule has 0 heterocycles. The van der Waals surface area contributed by atoms with Gasteiger partial charge in [-0.15, -0.1) is 0 Å². The van der Waals surface area contributed by atoms with Crippen molar-refractivity contribution in [1.82, 2.24) is 0 Å². The molecule has 0 spiro atoms. The summed E-state index contributed by atoms with van der Waals surface area (Å²) in [5, 5.41) is 0. The fourth-order valence-corrected chi connectivity index (χ4v) is 1.67. The molecule has 54 valence electrons. The number of hydrogen-bond acceptors (Lipinski definition) is 0. The summed E-state index contributed by atoms with van der Waals surface area (Å²) in [7, 11) is 0. The Labute approximate surface area is 66.5 Å². The van der Waals surface area contributed by atoms with E-state index in [-0.39, 0.29) is 6.04 Å². The third-order valence-corrected chi connectivity index (χ3v) is 2.26. The van der Waals surface area contributed by atoms with Gasteiger partial charge in [0.1, 0.15) is 0 Å². The second-order valence-corrected chi connectivity index (χ2v) is 2.88. The number of nitrogens with zero attached hydrogens (tertiary/aromatic N) is 1. The number of aryl methyl sites for hydroxylation is 1. The molecule has 1 aliphatic carbocycles. The van der Waals surface area contributed by atoms with Crippen LogP contribution in [-0.2, 0) is 6.42 Å². The van der Waals surface area contributed by atoms with E-state index in [1.165, 1.54) is 11.1 Å². The Balaban J connectivity index is 2.49. The first kappa shape index (κ1) is 6.42. The molecule has 0 bridgehead atoms. The summed E-state index contributed by atoms with van der Waals surface area (Å²) in [6.45, 7) is 6.96. The smallest absolute Gasteiger partial charge is 0.249 e. The highest BCUT2D eigenvalue weighted by Gasteiger charge is 2.25. The fourth-order valence-electron chi connectivity index (χ4n) is 1.67. The molecule has 0 fully saturated rings. The zero-order chi connectivity index (χ0) is 7.68. The largest absolute Gasteiger partial charge is 0.308 e. The Kier molecular flexibility index (Phi) is 1.40. The van der Waals surface area contributed by atoms with Crippen molar-refractivity contribution in [3.05, 3.63) is 46.8 Å². The second-order valence-electron chi connectivity index (χ2n) is 2.88. The van der Waals surface area contributed by atoms with Gasteiger partial charge in [0.25, 0.3) is 0 Å². The van der Waals surface area contributed by atoms with Crippen molar-refractivity contribution in [1.29, 1.82) is 0 Å². The van der Waals surface area contributed by atoms with Gasteiger partial charge < -0.3 is 4.85 Å². The van der Waals surface area contributed by atoms with Crippen LogP contribution in [0.2, 0.25) is 0 Å². The Morgan fingerprint density at radius 1 is 1.36 bits per heavy atom. The minimum absolute atomic E-state index is 0.145. The molecule has 0 aromatic heterocycles. The SMILES string of the molecule is [C-]#[N+][C@H]1CCc2ccccc21. The first-order valence-corrected chi connectivity index (χ1v) is 3.86. The predicted molar refractivity (Wildman–Crippen MR) is 44.1 cm³/mol. The molecule has 1 aromatic rings. The van der Waals surface area contributed by atoms with E-state index in [4.69, 9.17) is 6.57 Å². The van der Waals surface area contributed by atoms with E-state index < -0.39 is 0 Å². The van der Waals surface area contributed by atoms with Gasteiger partial charge in [-0.3, -0.25) is 0 Å². The molecule has 2 rings (SSSR count). The molecule has 11 heavy (non-hydrogen) atoms. The molecule has 0 radical (unpaired) electrons. The van der Waals surface area contributed by atoms with Crippen molar-refractivity contribution in [2.45, 2.75) is 18.9 Å². The quantitative estimate of drug-likeness (QED) is 0.492. The van der Waals surface area contributed by atoms with Gasteiger partial charge in [0.2, 0.25) is 6.04 Å². The van der Waals surface area contributed by atoms with Gasteiger partial charge in [-0.25, -0.2) is 6.57 Å². The summed E-state index contributed by atoms with van der Waals surface area (Å²) >= 11 is 0. The van der Waals surface area contributed by atoms with Crippen molar-refractivity contribution in [3.63, 3.8) is 0 Å². The van der Waals surface area contributed by atoms with Crippen molar-refractivity contribution < 1.29 is 0 Å². The number of rotatable bonds is 0. The number of fused-ring (bicyclic) bond motifs is 1. The zero-order valence-corrected chi connectivity index (χ0v) is 6.25. The average Bonchev–Trinajstić information content (AvgIpc) is 2.47. The highest BCUT2D eigenvalue weighted by Crippen LogP contribution is 2.33. The van der Waals surface area contributed by atoms with Crippen LogP contribution >= 0.6 is 0 Å². The van der Waals surface area contributed by atoms with E-state index in [1.54, 1.807) is 0 Å². The van der Waals surface area contributed by atoms with Crippen LogP contribution in [0.15, 0.2) is 24.3 Å². The molecular weight excluding hydrogens is 134 g/mol.